The summed E-state index contributed by atoms with van der Waals surface area (Å²) in [5, 5.41) is 14.7. The number of nitrogens with one attached hydrogen (secondary N) is 2. The minimum Gasteiger partial charge on any atom is -0.452 e. The maximum Gasteiger partial charge on any atom is 0.331 e. The molecule has 0 fully saturated rings. The molecule has 0 spiro atoms. The molecular formula is C18H14FN3O6. The van der Waals surface area contributed by atoms with Crippen LogP contribution in [0.15, 0.2) is 54.6 Å². The molecule has 0 bridgehead atoms. The van der Waals surface area contributed by atoms with E-state index in [1.54, 1.807) is 0 Å². The molecule has 0 aliphatic heterocycles. The number of hydrogen-bond acceptors (Lipinski definition) is 6. The third-order valence-electron chi connectivity index (χ3n) is 3.21. The van der Waals surface area contributed by atoms with Gasteiger partial charge in [-0.05, 0) is 23.8 Å². The van der Waals surface area contributed by atoms with Crippen molar-refractivity contribution in [3.05, 3.63) is 76.1 Å². The van der Waals surface area contributed by atoms with Crippen LogP contribution in [0.3, 0.4) is 0 Å². The number of nitro groups is 1. The van der Waals surface area contributed by atoms with Crippen LogP contribution in [0.4, 0.5) is 20.6 Å². The highest BCUT2D eigenvalue weighted by Crippen LogP contribution is 2.14. The van der Waals surface area contributed by atoms with Crippen LogP contribution in [0.25, 0.3) is 6.08 Å². The number of ether oxygens (including phenoxy) is 1. The summed E-state index contributed by atoms with van der Waals surface area (Å²) in [6.45, 7) is -0.747. The molecule has 2 rings (SSSR count). The van der Waals surface area contributed by atoms with E-state index in [9.17, 15) is 28.9 Å². The van der Waals surface area contributed by atoms with Crippen LogP contribution < -0.4 is 10.6 Å². The van der Waals surface area contributed by atoms with Crippen LogP contribution in [0.1, 0.15) is 5.56 Å². The van der Waals surface area contributed by atoms with E-state index < -0.39 is 35.3 Å². The van der Waals surface area contributed by atoms with Crippen molar-refractivity contribution in [3.8, 4) is 0 Å². The first-order chi connectivity index (χ1) is 13.3. The van der Waals surface area contributed by atoms with Gasteiger partial charge in [-0.25, -0.2) is 14.0 Å². The quantitative estimate of drug-likeness (QED) is 0.339. The number of non-ortho nitro benzene ring substituents is 1. The number of esters is 1. The van der Waals surface area contributed by atoms with Gasteiger partial charge >= 0.3 is 12.0 Å². The Morgan fingerprint density at radius 3 is 2.61 bits per heavy atom. The summed E-state index contributed by atoms with van der Waals surface area (Å²) < 4.78 is 18.0. The number of benzene rings is 2. The maximum absolute atomic E-state index is 13.4. The predicted molar refractivity (Wildman–Crippen MR) is 96.7 cm³/mol. The van der Waals surface area contributed by atoms with Crippen LogP contribution in [-0.4, -0.2) is 29.4 Å². The Morgan fingerprint density at radius 2 is 1.89 bits per heavy atom. The number of urea groups is 1. The highest BCUT2D eigenvalue weighted by Gasteiger charge is 2.11. The Morgan fingerprint density at radius 1 is 1.14 bits per heavy atom. The fraction of sp³-hybridized carbons (Fsp3) is 0.0556. The topological polar surface area (TPSA) is 128 Å². The number of nitro benzene ring substituents is 1. The van der Waals surface area contributed by atoms with Gasteiger partial charge in [0.2, 0.25) is 0 Å². The second-order valence-electron chi connectivity index (χ2n) is 5.28. The molecule has 0 atom stereocenters. The van der Waals surface area contributed by atoms with E-state index in [-0.39, 0.29) is 11.4 Å². The first kappa shape index (κ1) is 20.2. The van der Waals surface area contributed by atoms with Crippen molar-refractivity contribution >= 4 is 35.4 Å². The SMILES string of the molecule is O=C(COC(=O)/C=C/c1cccc([N+](=O)[O-])c1)NC(=O)Nc1ccccc1F. The fourth-order valence-corrected chi connectivity index (χ4v) is 1.97. The number of para-hydroxylation sites is 1. The van der Waals surface area contributed by atoms with E-state index in [4.69, 9.17) is 0 Å². The molecule has 9 nitrogen and oxygen atoms in total. The zero-order valence-corrected chi connectivity index (χ0v) is 14.3. The third-order valence-corrected chi connectivity index (χ3v) is 3.21. The molecular weight excluding hydrogens is 373 g/mol. The molecule has 0 aliphatic carbocycles. The number of nitrogens with zero attached hydrogens (tertiary/aromatic N) is 1. The average molecular weight is 387 g/mol. The molecule has 0 saturated carbocycles. The number of halogens is 1. The molecule has 3 amide bonds. The van der Waals surface area contributed by atoms with Crippen molar-refractivity contribution in [2.75, 3.05) is 11.9 Å². The van der Waals surface area contributed by atoms with Crippen LogP contribution in [0.5, 0.6) is 0 Å². The van der Waals surface area contributed by atoms with Gasteiger partial charge in [-0.15, -0.1) is 0 Å². The summed E-state index contributed by atoms with van der Waals surface area (Å²) in [6, 6.07) is 9.92. The van der Waals surface area contributed by atoms with Gasteiger partial charge in [-0.3, -0.25) is 20.2 Å². The zero-order chi connectivity index (χ0) is 20.5. The van der Waals surface area contributed by atoms with Gasteiger partial charge < -0.3 is 10.1 Å². The molecule has 2 aromatic carbocycles. The Kier molecular flexibility index (Phi) is 6.92. The van der Waals surface area contributed by atoms with E-state index in [0.29, 0.717) is 5.56 Å². The summed E-state index contributed by atoms with van der Waals surface area (Å²) in [4.78, 5) is 44.9. The summed E-state index contributed by atoms with van der Waals surface area (Å²) in [7, 11) is 0. The lowest BCUT2D eigenvalue weighted by atomic mass is 10.2. The molecule has 0 radical (unpaired) electrons. The minimum absolute atomic E-state index is 0.121. The lowest BCUT2D eigenvalue weighted by Gasteiger charge is -2.07. The van der Waals surface area contributed by atoms with Crippen LogP contribution >= 0.6 is 0 Å². The highest BCUT2D eigenvalue weighted by molar-refractivity contribution is 6.02. The highest BCUT2D eigenvalue weighted by atomic mass is 19.1. The van der Waals surface area contributed by atoms with E-state index in [2.05, 4.69) is 10.1 Å². The standard InChI is InChI=1S/C18H14FN3O6/c19-14-6-1-2-7-15(14)20-18(25)21-16(23)11-28-17(24)9-8-12-4-3-5-13(10-12)22(26)27/h1-10H,11H2,(H2,20,21,23,25)/b9-8+. The molecule has 2 N–H and O–H groups in total. The Hall–Kier alpha value is -4.08. The van der Waals surface area contributed by atoms with Gasteiger partial charge in [0.25, 0.3) is 11.6 Å². The second kappa shape index (κ2) is 9.57. The number of rotatable bonds is 6. The molecule has 10 heteroatoms. The van der Waals surface area contributed by atoms with Crippen LogP contribution in [0.2, 0.25) is 0 Å². The van der Waals surface area contributed by atoms with Gasteiger partial charge in [-0.1, -0.05) is 24.3 Å². The van der Waals surface area contributed by atoms with E-state index in [1.807, 2.05) is 5.32 Å². The molecule has 0 heterocycles. The zero-order valence-electron chi connectivity index (χ0n) is 14.3. The van der Waals surface area contributed by atoms with Crippen molar-refractivity contribution < 1.29 is 28.4 Å². The number of imide groups is 1. The summed E-state index contributed by atoms with van der Waals surface area (Å²) >= 11 is 0. The summed E-state index contributed by atoms with van der Waals surface area (Å²) in [5.41, 5.74) is 0.125. The Labute approximate surface area is 158 Å². The number of amides is 3. The molecule has 2 aromatic rings. The Balaban J connectivity index is 1.79. The monoisotopic (exact) mass is 387 g/mol. The van der Waals surface area contributed by atoms with Gasteiger partial charge in [0.1, 0.15) is 5.82 Å². The fourth-order valence-electron chi connectivity index (χ4n) is 1.97. The van der Waals surface area contributed by atoms with Gasteiger partial charge in [-0.2, -0.15) is 0 Å². The van der Waals surface area contributed by atoms with Crippen LogP contribution in [-0.2, 0) is 14.3 Å². The van der Waals surface area contributed by atoms with Crippen molar-refractivity contribution in [1.29, 1.82) is 0 Å². The first-order valence-corrected chi connectivity index (χ1v) is 7.80. The van der Waals surface area contributed by atoms with Gasteiger partial charge in [0.05, 0.1) is 10.6 Å². The average Bonchev–Trinajstić information content (AvgIpc) is 2.66. The molecule has 0 aromatic heterocycles. The van der Waals surface area contributed by atoms with Crippen molar-refractivity contribution in [3.63, 3.8) is 0 Å². The van der Waals surface area contributed by atoms with E-state index >= 15 is 0 Å². The molecule has 0 saturated heterocycles. The summed E-state index contributed by atoms with van der Waals surface area (Å²) in [6.07, 6.45) is 2.25. The third kappa shape index (κ3) is 6.33. The minimum atomic E-state index is -0.988. The molecule has 0 aliphatic rings. The van der Waals surface area contributed by atoms with Crippen molar-refractivity contribution in [2.45, 2.75) is 0 Å². The lowest BCUT2D eigenvalue weighted by Crippen LogP contribution is -2.37. The molecule has 144 valence electrons. The number of carbonyl (C=O) groups is 3. The predicted octanol–water partition coefficient (Wildman–Crippen LogP) is 2.64. The second-order valence-corrected chi connectivity index (χ2v) is 5.28. The normalized spacial score (nSPS) is 10.3. The number of hydrogen-bond donors (Lipinski definition) is 2. The molecule has 0 unspecified atom stereocenters. The smallest absolute Gasteiger partial charge is 0.331 e. The van der Waals surface area contributed by atoms with Crippen molar-refractivity contribution in [1.82, 2.24) is 5.32 Å². The maximum atomic E-state index is 13.4. The van der Waals surface area contributed by atoms with E-state index in [0.717, 1.165) is 12.1 Å². The van der Waals surface area contributed by atoms with Crippen molar-refractivity contribution in [2.24, 2.45) is 0 Å². The first-order valence-electron chi connectivity index (χ1n) is 7.80. The van der Waals surface area contributed by atoms with Crippen LogP contribution in [0, 0.1) is 15.9 Å². The Bertz CT molecular complexity index is 944. The lowest BCUT2D eigenvalue weighted by molar-refractivity contribution is -0.384. The van der Waals surface area contributed by atoms with Gasteiger partial charge in [0, 0.05) is 18.2 Å². The van der Waals surface area contributed by atoms with Gasteiger partial charge in [0.15, 0.2) is 6.61 Å². The largest absolute Gasteiger partial charge is 0.452 e. The molecule has 28 heavy (non-hydrogen) atoms. The summed E-state index contributed by atoms with van der Waals surface area (Å²) in [5.74, 6) is -2.50. The number of anilines is 1. The van der Waals surface area contributed by atoms with E-state index in [1.165, 1.54) is 48.5 Å². The number of carbonyl (C=O) groups excluding carboxylic acids is 3.